The molecule has 0 radical (unpaired) electrons. The van der Waals surface area contributed by atoms with E-state index in [9.17, 15) is 4.79 Å². The van der Waals surface area contributed by atoms with Crippen molar-refractivity contribution in [2.75, 3.05) is 5.32 Å². The van der Waals surface area contributed by atoms with Gasteiger partial charge in [-0.15, -0.1) is 0 Å². The molecule has 0 aliphatic rings. The Bertz CT molecular complexity index is 1490. The van der Waals surface area contributed by atoms with Gasteiger partial charge in [0.1, 0.15) is 5.69 Å². The molecule has 8 heteroatoms. The van der Waals surface area contributed by atoms with E-state index in [-0.39, 0.29) is 5.91 Å². The van der Waals surface area contributed by atoms with Gasteiger partial charge < -0.3 is 5.32 Å². The summed E-state index contributed by atoms with van der Waals surface area (Å²) in [5.74, 6) is 5.80. The van der Waals surface area contributed by atoms with Crippen molar-refractivity contribution in [3.63, 3.8) is 0 Å². The van der Waals surface area contributed by atoms with E-state index < -0.39 is 0 Å². The molecule has 0 aliphatic carbocycles. The van der Waals surface area contributed by atoms with Gasteiger partial charge in [-0.2, -0.15) is 10.2 Å². The van der Waals surface area contributed by atoms with E-state index in [1.165, 1.54) is 6.20 Å². The lowest BCUT2D eigenvalue weighted by molar-refractivity contribution is 0.102. The zero-order valence-electron chi connectivity index (χ0n) is 17.1. The molecule has 8 nitrogen and oxygen atoms in total. The molecule has 0 aliphatic heterocycles. The van der Waals surface area contributed by atoms with E-state index in [1.54, 1.807) is 40.1 Å². The fourth-order valence-corrected chi connectivity index (χ4v) is 3.28. The van der Waals surface area contributed by atoms with Crippen LogP contribution in [0.1, 0.15) is 27.2 Å². The normalized spacial score (nSPS) is 10.5. The zero-order chi connectivity index (χ0) is 21.9. The zero-order valence-corrected chi connectivity index (χ0v) is 17.1. The molecule has 0 fully saturated rings. The average Bonchev–Trinajstić information content (AvgIpc) is 3.48. The molecule has 1 aromatic carbocycles. The summed E-state index contributed by atoms with van der Waals surface area (Å²) < 4.78 is 3.40. The molecule has 4 aromatic heterocycles. The molecule has 0 saturated heterocycles. The second kappa shape index (κ2) is 8.16. The summed E-state index contributed by atoms with van der Waals surface area (Å²) in [6, 6.07) is 13.0. The van der Waals surface area contributed by atoms with Crippen LogP contribution in [0, 0.1) is 18.8 Å². The second-order valence-corrected chi connectivity index (χ2v) is 7.11. The summed E-state index contributed by atoms with van der Waals surface area (Å²) in [4.78, 5) is 21.3. The van der Waals surface area contributed by atoms with Crippen LogP contribution in [-0.4, -0.2) is 35.3 Å². The summed E-state index contributed by atoms with van der Waals surface area (Å²) in [6.07, 6.45) is 10.0. The lowest BCUT2D eigenvalue weighted by atomic mass is 10.1. The topological polar surface area (TPSA) is 90.0 Å². The van der Waals surface area contributed by atoms with Crippen molar-refractivity contribution in [3.05, 3.63) is 102 Å². The number of aryl methyl sites for hydroxylation is 1. The van der Waals surface area contributed by atoms with Crippen LogP contribution in [0.15, 0.2) is 79.6 Å². The van der Waals surface area contributed by atoms with Gasteiger partial charge in [0, 0.05) is 42.2 Å². The van der Waals surface area contributed by atoms with Gasteiger partial charge in [-0.05, 0) is 60.9 Å². The summed E-state index contributed by atoms with van der Waals surface area (Å²) in [5.41, 5.74) is 4.95. The van der Waals surface area contributed by atoms with Crippen LogP contribution in [0.5, 0.6) is 0 Å². The van der Waals surface area contributed by atoms with Crippen LogP contribution < -0.4 is 5.32 Å². The summed E-state index contributed by atoms with van der Waals surface area (Å²) in [7, 11) is 0. The Morgan fingerprint density at radius 3 is 2.78 bits per heavy atom. The number of carbonyl (C=O) groups is 1. The molecule has 0 spiro atoms. The monoisotopic (exact) mass is 419 g/mol. The summed E-state index contributed by atoms with van der Waals surface area (Å²) in [5, 5.41) is 11.4. The van der Waals surface area contributed by atoms with E-state index in [4.69, 9.17) is 0 Å². The minimum atomic E-state index is -0.269. The number of rotatable bonds is 3. The van der Waals surface area contributed by atoms with Crippen molar-refractivity contribution >= 4 is 17.2 Å². The van der Waals surface area contributed by atoms with E-state index >= 15 is 0 Å². The Labute approximate surface area is 183 Å². The van der Waals surface area contributed by atoms with Crippen LogP contribution in [0.2, 0.25) is 0 Å². The molecule has 1 amide bonds. The number of benzene rings is 1. The van der Waals surface area contributed by atoms with Crippen molar-refractivity contribution in [1.82, 2.24) is 29.4 Å². The maximum absolute atomic E-state index is 12.8. The number of imidazole rings is 1. The number of nitrogens with zero attached hydrogens (tertiary/aromatic N) is 6. The van der Waals surface area contributed by atoms with Crippen LogP contribution >= 0.6 is 0 Å². The van der Waals surface area contributed by atoms with Gasteiger partial charge in [-0.25, -0.2) is 14.2 Å². The number of pyridine rings is 1. The number of aromatic nitrogens is 6. The largest absolute Gasteiger partial charge is 0.322 e. The van der Waals surface area contributed by atoms with Crippen molar-refractivity contribution in [1.29, 1.82) is 0 Å². The quantitative estimate of drug-likeness (QED) is 0.454. The molecule has 32 heavy (non-hydrogen) atoms. The van der Waals surface area contributed by atoms with E-state index in [1.807, 2.05) is 49.5 Å². The van der Waals surface area contributed by atoms with Crippen LogP contribution in [0.25, 0.3) is 11.3 Å². The first-order valence-electron chi connectivity index (χ1n) is 9.85. The summed E-state index contributed by atoms with van der Waals surface area (Å²) in [6.45, 7) is 1.97. The maximum Gasteiger partial charge on any atom is 0.257 e. The highest BCUT2D eigenvalue weighted by molar-refractivity contribution is 6.04. The highest BCUT2D eigenvalue weighted by atomic mass is 16.1. The molecule has 0 saturated carbocycles. The summed E-state index contributed by atoms with van der Waals surface area (Å²) >= 11 is 0. The maximum atomic E-state index is 12.8. The first-order chi connectivity index (χ1) is 15.7. The average molecular weight is 419 g/mol. The number of amides is 1. The van der Waals surface area contributed by atoms with Crippen LogP contribution in [0.4, 0.5) is 5.69 Å². The third-order valence-electron chi connectivity index (χ3n) is 4.70. The van der Waals surface area contributed by atoms with Gasteiger partial charge in [0.25, 0.3) is 5.91 Å². The predicted octanol–water partition coefficient (Wildman–Crippen LogP) is 3.27. The van der Waals surface area contributed by atoms with Gasteiger partial charge in [0.2, 0.25) is 0 Å². The minimum Gasteiger partial charge on any atom is -0.322 e. The lowest BCUT2D eigenvalue weighted by Gasteiger charge is -2.09. The number of nitrogens with one attached hydrogen (secondary N) is 1. The molecular formula is C24H17N7O. The first kappa shape index (κ1) is 19.2. The Kier molecular flexibility index (Phi) is 4.90. The van der Waals surface area contributed by atoms with Gasteiger partial charge in [-0.1, -0.05) is 5.92 Å². The fourth-order valence-electron chi connectivity index (χ4n) is 3.28. The van der Waals surface area contributed by atoms with Crippen LogP contribution in [0.3, 0.4) is 0 Å². The molecule has 154 valence electrons. The minimum absolute atomic E-state index is 0.269. The molecule has 0 unspecified atom stereocenters. The van der Waals surface area contributed by atoms with Gasteiger partial charge >= 0.3 is 0 Å². The standard InChI is InChI=1S/C24H17N7O/c1-17-10-20(13-22(11-17)30-9-3-8-27-30)29-24(32)19-12-18(14-25-15-19)5-6-21-16-26-23-4-2-7-28-31(21)23/h2-4,7-16H,1H3,(H,29,32). The highest BCUT2D eigenvalue weighted by Gasteiger charge is 2.09. The Morgan fingerprint density at radius 2 is 1.91 bits per heavy atom. The molecule has 0 bridgehead atoms. The van der Waals surface area contributed by atoms with Crippen molar-refractivity contribution < 1.29 is 4.79 Å². The molecule has 5 aromatic rings. The first-order valence-corrected chi connectivity index (χ1v) is 9.85. The number of hydrogen-bond acceptors (Lipinski definition) is 5. The number of fused-ring (bicyclic) bond motifs is 1. The Morgan fingerprint density at radius 1 is 1.00 bits per heavy atom. The van der Waals surface area contributed by atoms with Crippen molar-refractivity contribution in [2.45, 2.75) is 6.92 Å². The third kappa shape index (κ3) is 3.95. The van der Waals surface area contributed by atoms with Crippen LogP contribution in [-0.2, 0) is 0 Å². The lowest BCUT2D eigenvalue weighted by Crippen LogP contribution is -2.13. The second-order valence-electron chi connectivity index (χ2n) is 7.11. The predicted molar refractivity (Wildman–Crippen MR) is 119 cm³/mol. The molecule has 5 rings (SSSR count). The smallest absolute Gasteiger partial charge is 0.257 e. The Hall–Kier alpha value is -4.77. The molecule has 0 atom stereocenters. The molecule has 4 heterocycles. The number of hydrogen-bond donors (Lipinski definition) is 1. The van der Waals surface area contributed by atoms with Gasteiger partial charge in [0.05, 0.1) is 17.4 Å². The van der Waals surface area contributed by atoms with E-state index in [2.05, 4.69) is 37.3 Å². The number of anilines is 1. The third-order valence-corrected chi connectivity index (χ3v) is 4.70. The molecular weight excluding hydrogens is 402 g/mol. The molecule has 1 N–H and O–H groups in total. The fraction of sp³-hybridized carbons (Fsp3) is 0.0417. The van der Waals surface area contributed by atoms with E-state index in [0.717, 1.165) is 16.9 Å². The van der Waals surface area contributed by atoms with Gasteiger partial charge in [0.15, 0.2) is 5.65 Å². The van der Waals surface area contributed by atoms with E-state index in [0.29, 0.717) is 22.5 Å². The van der Waals surface area contributed by atoms with Crippen molar-refractivity contribution in [2.24, 2.45) is 0 Å². The number of carbonyl (C=O) groups excluding carboxylic acids is 1. The van der Waals surface area contributed by atoms with Gasteiger partial charge in [-0.3, -0.25) is 9.78 Å². The SMILES string of the molecule is Cc1cc(NC(=O)c2cncc(C#Cc3cnc4cccnn34)c2)cc(-n2cccn2)c1. The Balaban J connectivity index is 1.38. The highest BCUT2D eigenvalue weighted by Crippen LogP contribution is 2.18. The van der Waals surface area contributed by atoms with Crippen molar-refractivity contribution in [3.8, 4) is 17.5 Å².